The van der Waals surface area contributed by atoms with Gasteiger partial charge >= 0.3 is 6.18 Å². The second-order valence-electron chi connectivity index (χ2n) is 7.52. The summed E-state index contributed by atoms with van der Waals surface area (Å²) in [5, 5.41) is 11.8. The van der Waals surface area contributed by atoms with Crippen molar-refractivity contribution in [1.82, 2.24) is 15.2 Å². The Morgan fingerprint density at radius 1 is 1.39 bits per heavy atom. The highest BCUT2D eigenvalue weighted by Gasteiger charge is 2.60. The highest BCUT2D eigenvalue weighted by molar-refractivity contribution is 5.86. The lowest BCUT2D eigenvalue weighted by Gasteiger charge is -2.33. The molecule has 0 radical (unpaired) electrons. The minimum absolute atomic E-state index is 0.118. The molecule has 1 saturated carbocycles. The molecule has 1 saturated heterocycles. The van der Waals surface area contributed by atoms with Crippen LogP contribution in [0.25, 0.3) is 0 Å². The molecule has 2 unspecified atom stereocenters. The molecule has 2 amide bonds. The first-order valence-corrected chi connectivity index (χ1v) is 8.96. The van der Waals surface area contributed by atoms with E-state index in [0.717, 1.165) is 0 Å². The van der Waals surface area contributed by atoms with Crippen molar-refractivity contribution in [2.24, 2.45) is 5.41 Å². The molecule has 2 heterocycles. The fourth-order valence-electron chi connectivity index (χ4n) is 3.40. The SMILES string of the molecule is CC(O)(C(=O)NC1CC12CCN(C(=O)COc1cccnc1)CC2)C(F)(F)F. The number of carbonyl (C=O) groups excluding carboxylic acids is 2. The number of pyridine rings is 1. The fourth-order valence-corrected chi connectivity index (χ4v) is 3.40. The normalized spacial score (nSPS) is 23.0. The fraction of sp³-hybridized carbons (Fsp3) is 0.611. The number of nitrogens with one attached hydrogen (secondary N) is 1. The Kier molecular flexibility index (Phi) is 5.26. The molecule has 1 spiro atoms. The van der Waals surface area contributed by atoms with Crippen LogP contribution in [0.2, 0.25) is 0 Å². The van der Waals surface area contributed by atoms with Crippen molar-refractivity contribution in [1.29, 1.82) is 0 Å². The van der Waals surface area contributed by atoms with E-state index in [1.165, 1.54) is 6.20 Å². The third-order valence-electron chi connectivity index (χ3n) is 5.60. The molecular formula is C18H22F3N3O4. The molecule has 10 heteroatoms. The lowest BCUT2D eigenvalue weighted by Crippen LogP contribution is -2.56. The van der Waals surface area contributed by atoms with E-state index in [2.05, 4.69) is 10.3 Å². The highest BCUT2D eigenvalue weighted by atomic mass is 19.4. The molecule has 28 heavy (non-hydrogen) atoms. The van der Waals surface area contributed by atoms with Gasteiger partial charge in [0.2, 0.25) is 5.60 Å². The summed E-state index contributed by atoms with van der Waals surface area (Å²) < 4.78 is 43.6. The zero-order valence-corrected chi connectivity index (χ0v) is 15.3. The smallest absolute Gasteiger partial charge is 0.426 e. The molecule has 1 aliphatic heterocycles. The van der Waals surface area contributed by atoms with Crippen LogP contribution in [-0.2, 0) is 9.59 Å². The average Bonchev–Trinajstić information content (AvgIpc) is 3.31. The van der Waals surface area contributed by atoms with Gasteiger partial charge in [0.05, 0.1) is 6.20 Å². The number of piperidine rings is 1. The molecule has 0 aromatic carbocycles. The van der Waals surface area contributed by atoms with Crippen LogP contribution >= 0.6 is 0 Å². The number of amides is 2. The number of halogens is 3. The van der Waals surface area contributed by atoms with Gasteiger partial charge in [-0.05, 0) is 43.7 Å². The first-order valence-electron chi connectivity index (χ1n) is 8.96. The van der Waals surface area contributed by atoms with Gasteiger partial charge in [0.1, 0.15) is 5.75 Å². The third kappa shape index (κ3) is 4.06. The van der Waals surface area contributed by atoms with Crippen molar-refractivity contribution in [3.63, 3.8) is 0 Å². The standard InChI is InChI=1S/C18H22F3N3O4/c1-16(27,18(19,20)21)15(26)23-13-9-17(13)4-7-24(8-5-17)14(25)11-28-12-3-2-6-22-10-12/h2-3,6,10,13,27H,4-5,7-9,11H2,1H3,(H,23,26). The van der Waals surface area contributed by atoms with Crippen LogP contribution in [0, 0.1) is 5.41 Å². The predicted octanol–water partition coefficient (Wildman–Crippen LogP) is 1.27. The van der Waals surface area contributed by atoms with Crippen LogP contribution < -0.4 is 10.1 Å². The Labute approximate surface area is 159 Å². The van der Waals surface area contributed by atoms with Gasteiger partial charge in [-0.25, -0.2) is 0 Å². The molecule has 7 nitrogen and oxygen atoms in total. The van der Waals surface area contributed by atoms with Crippen LogP contribution in [0.15, 0.2) is 24.5 Å². The molecule has 3 rings (SSSR count). The summed E-state index contributed by atoms with van der Waals surface area (Å²) in [7, 11) is 0. The Hall–Kier alpha value is -2.36. The van der Waals surface area contributed by atoms with E-state index in [1.54, 1.807) is 23.2 Å². The summed E-state index contributed by atoms with van der Waals surface area (Å²) in [5.74, 6) is -1.13. The zero-order valence-electron chi connectivity index (χ0n) is 15.3. The van der Waals surface area contributed by atoms with E-state index in [0.29, 0.717) is 45.0 Å². The zero-order chi connectivity index (χ0) is 20.6. The summed E-state index contributed by atoms with van der Waals surface area (Å²) in [6.07, 6.45) is -0.247. The Balaban J connectivity index is 1.46. The van der Waals surface area contributed by atoms with Crippen LogP contribution in [0.3, 0.4) is 0 Å². The van der Waals surface area contributed by atoms with E-state index in [-0.39, 0.29) is 17.9 Å². The largest absolute Gasteiger partial charge is 0.482 e. The Morgan fingerprint density at radius 3 is 2.64 bits per heavy atom. The number of aromatic nitrogens is 1. The molecule has 2 aliphatic rings. The van der Waals surface area contributed by atoms with Crippen molar-refractivity contribution in [3.8, 4) is 5.75 Å². The number of carbonyl (C=O) groups is 2. The maximum absolute atomic E-state index is 12.8. The van der Waals surface area contributed by atoms with Crippen molar-refractivity contribution >= 4 is 11.8 Å². The minimum atomic E-state index is -5.04. The lowest BCUT2D eigenvalue weighted by atomic mass is 9.92. The van der Waals surface area contributed by atoms with Gasteiger partial charge in [0, 0.05) is 25.3 Å². The average molecular weight is 401 g/mol. The van der Waals surface area contributed by atoms with Crippen molar-refractivity contribution in [2.45, 2.75) is 44.0 Å². The van der Waals surface area contributed by atoms with Gasteiger partial charge in [0.25, 0.3) is 11.8 Å². The second-order valence-corrected chi connectivity index (χ2v) is 7.52. The van der Waals surface area contributed by atoms with E-state index in [1.807, 2.05) is 0 Å². The quantitative estimate of drug-likeness (QED) is 0.776. The number of likely N-dealkylation sites (tertiary alicyclic amines) is 1. The first-order chi connectivity index (χ1) is 13.1. The number of rotatable bonds is 5. The number of hydrogen-bond acceptors (Lipinski definition) is 5. The maximum atomic E-state index is 12.8. The topological polar surface area (TPSA) is 91.8 Å². The summed E-state index contributed by atoms with van der Waals surface area (Å²) >= 11 is 0. The van der Waals surface area contributed by atoms with E-state index in [9.17, 15) is 27.9 Å². The van der Waals surface area contributed by atoms with E-state index >= 15 is 0 Å². The first kappa shape index (κ1) is 20.4. The van der Waals surface area contributed by atoms with Crippen LogP contribution in [-0.4, -0.2) is 64.3 Å². The Bertz CT molecular complexity index is 731. The number of hydrogen-bond donors (Lipinski definition) is 2. The lowest BCUT2D eigenvalue weighted by molar-refractivity contribution is -0.245. The van der Waals surface area contributed by atoms with Crippen LogP contribution in [0.4, 0.5) is 13.2 Å². The van der Waals surface area contributed by atoms with Gasteiger partial charge in [-0.3, -0.25) is 14.6 Å². The molecule has 1 aliphatic carbocycles. The Morgan fingerprint density at radius 2 is 2.07 bits per heavy atom. The molecule has 154 valence electrons. The number of nitrogens with zero attached hydrogens (tertiary/aromatic N) is 2. The summed E-state index contributed by atoms with van der Waals surface area (Å²) in [5.41, 5.74) is -3.73. The molecule has 0 bridgehead atoms. The van der Waals surface area contributed by atoms with Crippen molar-refractivity contribution in [3.05, 3.63) is 24.5 Å². The van der Waals surface area contributed by atoms with Crippen molar-refractivity contribution < 1.29 is 32.6 Å². The van der Waals surface area contributed by atoms with E-state index < -0.39 is 23.7 Å². The van der Waals surface area contributed by atoms with Gasteiger partial charge < -0.3 is 20.1 Å². The molecular weight excluding hydrogens is 379 g/mol. The van der Waals surface area contributed by atoms with Gasteiger partial charge in [-0.1, -0.05) is 0 Å². The molecule has 2 atom stereocenters. The van der Waals surface area contributed by atoms with Crippen LogP contribution in [0.1, 0.15) is 26.2 Å². The summed E-state index contributed by atoms with van der Waals surface area (Å²) in [4.78, 5) is 29.6. The van der Waals surface area contributed by atoms with E-state index in [4.69, 9.17) is 4.74 Å². The van der Waals surface area contributed by atoms with Gasteiger partial charge in [-0.2, -0.15) is 13.2 Å². The minimum Gasteiger partial charge on any atom is -0.482 e. The summed E-state index contributed by atoms with van der Waals surface area (Å²) in [6, 6.07) is 2.97. The van der Waals surface area contributed by atoms with Gasteiger partial charge in [0.15, 0.2) is 6.61 Å². The molecule has 1 aromatic heterocycles. The summed E-state index contributed by atoms with van der Waals surface area (Å²) in [6.45, 7) is 1.21. The molecule has 2 fully saturated rings. The monoisotopic (exact) mass is 401 g/mol. The number of alkyl halides is 3. The molecule has 2 N–H and O–H groups in total. The predicted molar refractivity (Wildman–Crippen MR) is 91.2 cm³/mol. The van der Waals surface area contributed by atoms with Gasteiger partial charge in [-0.15, -0.1) is 0 Å². The number of ether oxygens (including phenoxy) is 1. The number of aliphatic hydroxyl groups is 1. The maximum Gasteiger partial charge on any atom is 0.426 e. The van der Waals surface area contributed by atoms with Crippen molar-refractivity contribution in [2.75, 3.05) is 19.7 Å². The third-order valence-corrected chi connectivity index (χ3v) is 5.60. The van der Waals surface area contributed by atoms with Crippen LogP contribution in [0.5, 0.6) is 5.75 Å². The molecule has 1 aromatic rings. The second kappa shape index (κ2) is 7.23. The highest BCUT2D eigenvalue weighted by Crippen LogP contribution is 2.54.